The highest BCUT2D eigenvalue weighted by atomic mass is 15.1. The van der Waals surface area contributed by atoms with Gasteiger partial charge in [0.05, 0.1) is 0 Å². The molecule has 2 aromatic carbocycles. The Morgan fingerprint density at radius 3 is 2.18 bits per heavy atom. The van der Waals surface area contributed by atoms with Gasteiger partial charge in [-0.25, -0.2) is 0 Å². The first kappa shape index (κ1) is 15.9. The average Bonchev–Trinajstić information content (AvgIpc) is 2.52. The summed E-state index contributed by atoms with van der Waals surface area (Å²) in [5.74, 6) is 0. The lowest BCUT2D eigenvalue weighted by molar-refractivity contribution is 1.13. The van der Waals surface area contributed by atoms with E-state index in [-0.39, 0.29) is 0 Å². The number of benzene rings is 2. The fourth-order valence-electron chi connectivity index (χ4n) is 2.28. The SMILES string of the molecule is C=C(C=Cc1ccc(N(C)C)cc1)N(C)c1ccccc1C. The molecule has 0 aliphatic rings. The van der Waals surface area contributed by atoms with E-state index in [1.165, 1.54) is 22.5 Å². The molecule has 114 valence electrons. The van der Waals surface area contributed by atoms with Crippen molar-refractivity contribution in [1.82, 2.24) is 0 Å². The summed E-state index contributed by atoms with van der Waals surface area (Å²) in [5.41, 5.74) is 5.76. The summed E-state index contributed by atoms with van der Waals surface area (Å²) in [7, 11) is 6.14. The van der Waals surface area contributed by atoms with E-state index in [0.717, 1.165) is 5.70 Å². The summed E-state index contributed by atoms with van der Waals surface area (Å²) in [6, 6.07) is 16.8. The summed E-state index contributed by atoms with van der Waals surface area (Å²) < 4.78 is 0. The number of nitrogens with zero attached hydrogens (tertiary/aromatic N) is 2. The maximum Gasteiger partial charge on any atom is 0.0437 e. The third kappa shape index (κ3) is 3.79. The Balaban J connectivity index is 2.09. The average molecular weight is 292 g/mol. The van der Waals surface area contributed by atoms with Crippen molar-refractivity contribution in [3.63, 3.8) is 0 Å². The quantitative estimate of drug-likeness (QED) is 0.735. The number of allylic oxidation sites excluding steroid dienone is 1. The summed E-state index contributed by atoms with van der Waals surface area (Å²) in [6.45, 7) is 6.28. The van der Waals surface area contributed by atoms with Gasteiger partial charge < -0.3 is 9.80 Å². The Bertz CT molecular complexity index is 666. The molecule has 22 heavy (non-hydrogen) atoms. The van der Waals surface area contributed by atoms with Crippen molar-refractivity contribution in [2.24, 2.45) is 0 Å². The van der Waals surface area contributed by atoms with E-state index < -0.39 is 0 Å². The van der Waals surface area contributed by atoms with Gasteiger partial charge in [-0.05, 0) is 42.3 Å². The molecule has 0 heterocycles. The third-order valence-electron chi connectivity index (χ3n) is 3.79. The molecule has 2 aromatic rings. The van der Waals surface area contributed by atoms with Gasteiger partial charge in [0.15, 0.2) is 0 Å². The van der Waals surface area contributed by atoms with Crippen LogP contribution < -0.4 is 9.80 Å². The number of aryl methyl sites for hydroxylation is 1. The maximum atomic E-state index is 4.16. The molecule has 0 saturated carbocycles. The predicted octanol–water partition coefficient (Wildman–Crippen LogP) is 4.72. The molecule has 0 fully saturated rings. The van der Waals surface area contributed by atoms with Crippen molar-refractivity contribution in [3.8, 4) is 0 Å². The highest BCUT2D eigenvalue weighted by Crippen LogP contribution is 2.22. The summed E-state index contributed by atoms with van der Waals surface area (Å²) in [4.78, 5) is 4.21. The van der Waals surface area contributed by atoms with Gasteiger partial charge in [0.25, 0.3) is 0 Å². The standard InChI is InChI=1S/C20H24N2/c1-16-8-6-7-9-20(16)22(5)17(2)10-11-18-12-14-19(15-13-18)21(3)4/h6-15H,2H2,1,3-5H3. The highest BCUT2D eigenvalue weighted by molar-refractivity contribution is 5.62. The third-order valence-corrected chi connectivity index (χ3v) is 3.79. The summed E-state index contributed by atoms with van der Waals surface area (Å²) >= 11 is 0. The molecular weight excluding hydrogens is 268 g/mol. The molecule has 0 saturated heterocycles. The van der Waals surface area contributed by atoms with Crippen molar-refractivity contribution in [2.45, 2.75) is 6.92 Å². The molecule has 0 atom stereocenters. The monoisotopic (exact) mass is 292 g/mol. The molecule has 0 amide bonds. The molecule has 0 aromatic heterocycles. The van der Waals surface area contributed by atoms with Gasteiger partial charge in [0.2, 0.25) is 0 Å². The van der Waals surface area contributed by atoms with Crippen molar-refractivity contribution < 1.29 is 0 Å². The van der Waals surface area contributed by atoms with E-state index in [9.17, 15) is 0 Å². The molecule has 2 nitrogen and oxygen atoms in total. The molecule has 0 radical (unpaired) electrons. The van der Waals surface area contributed by atoms with Gasteiger partial charge in [0, 0.05) is 38.2 Å². The van der Waals surface area contributed by atoms with Gasteiger partial charge >= 0.3 is 0 Å². The first-order valence-electron chi connectivity index (χ1n) is 7.43. The number of hydrogen-bond donors (Lipinski definition) is 0. The molecule has 0 bridgehead atoms. The number of hydrogen-bond acceptors (Lipinski definition) is 2. The van der Waals surface area contributed by atoms with Gasteiger partial charge in [-0.15, -0.1) is 0 Å². The molecular formula is C20H24N2. The molecule has 2 rings (SSSR count). The number of rotatable bonds is 5. The van der Waals surface area contributed by atoms with E-state index >= 15 is 0 Å². The molecule has 0 N–H and O–H groups in total. The topological polar surface area (TPSA) is 6.48 Å². The van der Waals surface area contributed by atoms with Crippen LogP contribution in [-0.2, 0) is 0 Å². The van der Waals surface area contributed by atoms with Crippen LogP contribution in [0.25, 0.3) is 6.08 Å². The summed E-state index contributed by atoms with van der Waals surface area (Å²) in [6.07, 6.45) is 4.15. The molecule has 0 unspecified atom stereocenters. The lowest BCUT2D eigenvalue weighted by atomic mass is 10.1. The molecule has 0 aliphatic carbocycles. The molecule has 0 spiro atoms. The van der Waals surface area contributed by atoms with Gasteiger partial charge in [-0.1, -0.05) is 43.0 Å². The fraction of sp³-hybridized carbons (Fsp3) is 0.200. The van der Waals surface area contributed by atoms with Crippen LogP contribution in [0.3, 0.4) is 0 Å². The van der Waals surface area contributed by atoms with Crippen LogP contribution in [0.4, 0.5) is 11.4 Å². The van der Waals surface area contributed by atoms with E-state index in [2.05, 4.69) is 84.0 Å². The van der Waals surface area contributed by atoms with Crippen LogP contribution in [0.15, 0.2) is 66.9 Å². The van der Waals surface area contributed by atoms with Crippen LogP contribution in [0.2, 0.25) is 0 Å². The summed E-state index contributed by atoms with van der Waals surface area (Å²) in [5, 5.41) is 0. The first-order chi connectivity index (χ1) is 10.5. The van der Waals surface area contributed by atoms with Gasteiger partial charge in [-0.2, -0.15) is 0 Å². The van der Waals surface area contributed by atoms with Crippen molar-refractivity contribution in [2.75, 3.05) is 30.9 Å². The highest BCUT2D eigenvalue weighted by Gasteiger charge is 2.04. The predicted molar refractivity (Wildman–Crippen MR) is 98.5 cm³/mol. The number of likely N-dealkylation sites (N-methyl/N-ethyl adjacent to an activating group) is 1. The van der Waals surface area contributed by atoms with Crippen molar-refractivity contribution in [3.05, 3.63) is 78.0 Å². The Labute approximate surface area is 134 Å². The molecule has 2 heteroatoms. The van der Waals surface area contributed by atoms with Crippen LogP contribution in [0.1, 0.15) is 11.1 Å². The second kappa shape index (κ2) is 6.99. The van der Waals surface area contributed by atoms with Gasteiger partial charge in [-0.3, -0.25) is 0 Å². The zero-order valence-corrected chi connectivity index (χ0v) is 13.9. The van der Waals surface area contributed by atoms with Crippen LogP contribution in [-0.4, -0.2) is 21.1 Å². The minimum Gasteiger partial charge on any atom is -0.378 e. The Morgan fingerprint density at radius 2 is 1.59 bits per heavy atom. The van der Waals surface area contributed by atoms with Crippen LogP contribution >= 0.6 is 0 Å². The van der Waals surface area contributed by atoms with E-state index in [1.807, 2.05) is 21.1 Å². The minimum absolute atomic E-state index is 0.964. The van der Waals surface area contributed by atoms with E-state index in [0.29, 0.717) is 0 Å². The first-order valence-corrected chi connectivity index (χ1v) is 7.43. The zero-order chi connectivity index (χ0) is 16.1. The minimum atomic E-state index is 0.964. The second-order valence-electron chi connectivity index (χ2n) is 5.66. The zero-order valence-electron chi connectivity index (χ0n) is 13.9. The number of anilines is 2. The fourth-order valence-corrected chi connectivity index (χ4v) is 2.28. The van der Waals surface area contributed by atoms with E-state index in [1.54, 1.807) is 0 Å². The molecule has 0 aliphatic heterocycles. The van der Waals surface area contributed by atoms with Gasteiger partial charge in [0.1, 0.15) is 0 Å². The maximum absolute atomic E-state index is 4.16. The van der Waals surface area contributed by atoms with Crippen molar-refractivity contribution in [1.29, 1.82) is 0 Å². The number of para-hydroxylation sites is 1. The van der Waals surface area contributed by atoms with Crippen molar-refractivity contribution >= 4 is 17.5 Å². The normalized spacial score (nSPS) is 10.7. The van der Waals surface area contributed by atoms with Crippen LogP contribution in [0, 0.1) is 6.92 Å². The van der Waals surface area contributed by atoms with Crippen LogP contribution in [0.5, 0.6) is 0 Å². The Morgan fingerprint density at radius 1 is 0.955 bits per heavy atom. The smallest absolute Gasteiger partial charge is 0.0437 e. The lowest BCUT2D eigenvalue weighted by Crippen LogP contribution is -2.14. The lowest BCUT2D eigenvalue weighted by Gasteiger charge is -2.21. The largest absolute Gasteiger partial charge is 0.378 e. The Hall–Kier alpha value is -2.48. The second-order valence-corrected chi connectivity index (χ2v) is 5.66. The Kier molecular flexibility index (Phi) is 5.05. The van der Waals surface area contributed by atoms with E-state index in [4.69, 9.17) is 0 Å².